The van der Waals surface area contributed by atoms with Crippen LogP contribution in [0.3, 0.4) is 0 Å². The minimum Gasteiger partial charge on any atom is -0.397 e. The van der Waals surface area contributed by atoms with Crippen LogP contribution in [0.4, 0.5) is 15.8 Å². The largest absolute Gasteiger partial charge is 0.397 e. The van der Waals surface area contributed by atoms with E-state index in [9.17, 15) is 4.39 Å². The number of rotatable bonds is 3. The van der Waals surface area contributed by atoms with Gasteiger partial charge in [0.05, 0.1) is 14.9 Å². The fourth-order valence-corrected chi connectivity index (χ4v) is 3.14. The van der Waals surface area contributed by atoms with Crippen LogP contribution in [0.25, 0.3) is 0 Å². The number of nitrogen functional groups attached to an aromatic ring is 1. The highest BCUT2D eigenvalue weighted by atomic mass is 127. The zero-order chi connectivity index (χ0) is 13.1. The van der Waals surface area contributed by atoms with Crippen LogP contribution in [-0.2, 0) is 0 Å². The maximum absolute atomic E-state index is 13.5. The van der Waals surface area contributed by atoms with E-state index in [0.717, 1.165) is 18.2 Å². The quantitative estimate of drug-likeness (QED) is 0.623. The van der Waals surface area contributed by atoms with Crippen LogP contribution in [0.2, 0.25) is 0 Å². The van der Waals surface area contributed by atoms with E-state index in [2.05, 4.69) is 12.2 Å². The van der Waals surface area contributed by atoms with Gasteiger partial charge in [-0.2, -0.15) is 0 Å². The zero-order valence-electron chi connectivity index (χ0n) is 10.7. The fraction of sp³-hybridized carbons (Fsp3) is 0.571. The molecule has 2 atom stereocenters. The molecule has 0 saturated heterocycles. The van der Waals surface area contributed by atoms with Crippen molar-refractivity contribution in [2.24, 2.45) is 11.8 Å². The molecule has 1 fully saturated rings. The van der Waals surface area contributed by atoms with Gasteiger partial charge in [-0.25, -0.2) is 4.39 Å². The number of hydrogen-bond acceptors (Lipinski definition) is 2. The summed E-state index contributed by atoms with van der Waals surface area (Å²) in [4.78, 5) is 0. The maximum atomic E-state index is 13.5. The molecule has 0 spiro atoms. The first-order valence-corrected chi connectivity index (χ1v) is 7.64. The molecular formula is C14H20FIN2. The normalized spacial score (nSPS) is 23.9. The minimum absolute atomic E-state index is 0.205. The van der Waals surface area contributed by atoms with Crippen LogP contribution in [0.15, 0.2) is 12.1 Å². The van der Waals surface area contributed by atoms with Crippen LogP contribution < -0.4 is 11.1 Å². The van der Waals surface area contributed by atoms with Crippen molar-refractivity contribution in [3.63, 3.8) is 0 Å². The number of hydrogen-bond donors (Lipinski definition) is 2. The molecule has 4 heteroatoms. The highest BCUT2D eigenvalue weighted by Crippen LogP contribution is 2.31. The highest BCUT2D eigenvalue weighted by Gasteiger charge is 2.21. The van der Waals surface area contributed by atoms with Gasteiger partial charge in [0.2, 0.25) is 0 Å². The minimum atomic E-state index is -0.205. The van der Waals surface area contributed by atoms with Crippen LogP contribution in [-0.4, -0.2) is 6.54 Å². The first-order valence-electron chi connectivity index (χ1n) is 6.56. The summed E-state index contributed by atoms with van der Waals surface area (Å²) >= 11 is 1.96. The summed E-state index contributed by atoms with van der Waals surface area (Å²) in [5.41, 5.74) is 7.26. The van der Waals surface area contributed by atoms with E-state index in [-0.39, 0.29) is 5.82 Å². The second-order valence-corrected chi connectivity index (χ2v) is 6.42. The fourth-order valence-electron chi connectivity index (χ4n) is 2.65. The van der Waals surface area contributed by atoms with Crippen molar-refractivity contribution < 1.29 is 4.39 Å². The molecule has 1 saturated carbocycles. The second kappa shape index (κ2) is 6.08. The van der Waals surface area contributed by atoms with Gasteiger partial charge in [0, 0.05) is 12.6 Å². The van der Waals surface area contributed by atoms with Crippen LogP contribution >= 0.6 is 22.6 Å². The van der Waals surface area contributed by atoms with Crippen molar-refractivity contribution in [3.05, 3.63) is 21.5 Å². The van der Waals surface area contributed by atoms with E-state index in [1.807, 2.05) is 22.6 Å². The smallest absolute Gasteiger partial charge is 0.138 e. The van der Waals surface area contributed by atoms with Crippen molar-refractivity contribution in [2.45, 2.75) is 32.6 Å². The van der Waals surface area contributed by atoms with Crippen molar-refractivity contribution in [1.82, 2.24) is 0 Å². The lowest BCUT2D eigenvalue weighted by atomic mass is 9.80. The Morgan fingerprint density at radius 2 is 2.11 bits per heavy atom. The Balaban J connectivity index is 1.99. The average molecular weight is 362 g/mol. The highest BCUT2D eigenvalue weighted by molar-refractivity contribution is 14.1. The summed E-state index contributed by atoms with van der Waals surface area (Å²) in [5, 5.41) is 3.31. The van der Waals surface area contributed by atoms with Gasteiger partial charge in [-0.3, -0.25) is 0 Å². The molecule has 0 aromatic heterocycles. The van der Waals surface area contributed by atoms with E-state index in [0.29, 0.717) is 15.2 Å². The summed E-state index contributed by atoms with van der Waals surface area (Å²) < 4.78 is 14.1. The molecule has 18 heavy (non-hydrogen) atoms. The molecule has 2 unspecified atom stereocenters. The van der Waals surface area contributed by atoms with Crippen LogP contribution in [0, 0.1) is 21.2 Å². The Bertz CT molecular complexity index is 423. The molecule has 1 aliphatic carbocycles. The topological polar surface area (TPSA) is 38.0 Å². The SMILES string of the molecule is CC1CCCCC1CNc1cc(F)c(I)cc1N. The molecule has 100 valence electrons. The van der Waals surface area contributed by atoms with Gasteiger partial charge >= 0.3 is 0 Å². The monoisotopic (exact) mass is 362 g/mol. The van der Waals surface area contributed by atoms with Crippen LogP contribution in [0.5, 0.6) is 0 Å². The van der Waals surface area contributed by atoms with Gasteiger partial charge in [0.25, 0.3) is 0 Å². The molecule has 1 aromatic carbocycles. The van der Waals surface area contributed by atoms with E-state index < -0.39 is 0 Å². The number of halogens is 2. The van der Waals surface area contributed by atoms with Crippen molar-refractivity contribution in [3.8, 4) is 0 Å². The molecule has 0 aliphatic heterocycles. The van der Waals surface area contributed by atoms with Crippen molar-refractivity contribution >= 4 is 34.0 Å². The molecule has 0 heterocycles. The van der Waals surface area contributed by atoms with Gasteiger partial charge in [-0.15, -0.1) is 0 Å². The van der Waals surface area contributed by atoms with Crippen molar-refractivity contribution in [2.75, 3.05) is 17.6 Å². The molecule has 2 nitrogen and oxygen atoms in total. The molecule has 0 amide bonds. The lowest BCUT2D eigenvalue weighted by Gasteiger charge is -2.29. The molecular weight excluding hydrogens is 342 g/mol. The Kier molecular flexibility index (Phi) is 4.70. The zero-order valence-corrected chi connectivity index (χ0v) is 12.8. The number of anilines is 2. The summed E-state index contributed by atoms with van der Waals surface area (Å²) in [6.45, 7) is 3.20. The summed E-state index contributed by atoms with van der Waals surface area (Å²) in [5.74, 6) is 1.23. The number of benzene rings is 1. The van der Waals surface area contributed by atoms with Gasteiger partial charge in [0.15, 0.2) is 0 Å². The predicted molar refractivity (Wildman–Crippen MR) is 83.1 cm³/mol. The van der Waals surface area contributed by atoms with E-state index in [4.69, 9.17) is 5.73 Å². The first kappa shape index (κ1) is 13.9. The van der Waals surface area contributed by atoms with Gasteiger partial charge in [-0.1, -0.05) is 26.2 Å². The van der Waals surface area contributed by atoms with Gasteiger partial charge < -0.3 is 11.1 Å². The second-order valence-electron chi connectivity index (χ2n) is 5.26. The lowest BCUT2D eigenvalue weighted by Crippen LogP contribution is -2.24. The summed E-state index contributed by atoms with van der Waals surface area (Å²) in [7, 11) is 0. The molecule has 1 aromatic rings. The van der Waals surface area contributed by atoms with E-state index in [1.165, 1.54) is 31.7 Å². The molecule has 1 aliphatic rings. The third kappa shape index (κ3) is 3.28. The number of nitrogens with two attached hydrogens (primary N) is 1. The number of nitrogens with one attached hydrogen (secondary N) is 1. The van der Waals surface area contributed by atoms with Gasteiger partial charge in [-0.05, 0) is 46.9 Å². The third-order valence-electron chi connectivity index (χ3n) is 3.94. The van der Waals surface area contributed by atoms with E-state index in [1.54, 1.807) is 6.07 Å². The lowest BCUT2D eigenvalue weighted by molar-refractivity contribution is 0.268. The summed E-state index contributed by atoms with van der Waals surface area (Å²) in [6.07, 6.45) is 5.23. The predicted octanol–water partition coefficient (Wildman–Crippen LogP) is 4.25. The standard InChI is InChI=1S/C14H20FIN2/c1-9-4-2-3-5-10(9)8-18-14-6-11(15)12(16)7-13(14)17/h6-7,9-10,18H,2-5,8,17H2,1H3. The first-order chi connectivity index (χ1) is 8.58. The molecule has 0 bridgehead atoms. The molecule has 0 radical (unpaired) electrons. The third-order valence-corrected chi connectivity index (χ3v) is 4.76. The summed E-state index contributed by atoms with van der Waals surface area (Å²) in [6, 6.07) is 3.19. The Labute approximate surface area is 122 Å². The van der Waals surface area contributed by atoms with Crippen LogP contribution in [0.1, 0.15) is 32.6 Å². The Morgan fingerprint density at radius 1 is 1.39 bits per heavy atom. The molecule has 3 N–H and O–H groups in total. The molecule has 2 rings (SSSR count). The maximum Gasteiger partial charge on any atom is 0.138 e. The Hall–Kier alpha value is -0.520. The average Bonchev–Trinajstić information content (AvgIpc) is 2.34. The van der Waals surface area contributed by atoms with Gasteiger partial charge in [0.1, 0.15) is 5.82 Å². The Morgan fingerprint density at radius 3 is 2.83 bits per heavy atom. The van der Waals surface area contributed by atoms with Crippen molar-refractivity contribution in [1.29, 1.82) is 0 Å². The van der Waals surface area contributed by atoms with E-state index >= 15 is 0 Å².